The van der Waals surface area contributed by atoms with Gasteiger partial charge in [0.25, 0.3) is 5.89 Å². The summed E-state index contributed by atoms with van der Waals surface area (Å²) in [5, 5.41) is 8.63. The van der Waals surface area contributed by atoms with E-state index in [1.165, 1.54) is 0 Å². The van der Waals surface area contributed by atoms with Crippen molar-refractivity contribution in [2.24, 2.45) is 0 Å². The Hall–Kier alpha value is -4.21. The number of nitrogens with zero attached hydrogens (tertiary/aromatic N) is 8. The molecule has 1 aliphatic rings. The van der Waals surface area contributed by atoms with Crippen LogP contribution >= 0.6 is 0 Å². The molecular weight excluding hydrogens is 394 g/mol. The Labute approximate surface area is 176 Å². The van der Waals surface area contributed by atoms with Gasteiger partial charge in [0.05, 0.1) is 17.3 Å². The number of aromatic nitrogens is 8. The molecule has 0 radical (unpaired) electrons. The molecule has 0 atom stereocenters. The molecule has 1 saturated carbocycles. The Morgan fingerprint density at radius 3 is 2.61 bits per heavy atom. The highest BCUT2D eigenvalue weighted by atomic mass is 16.5. The van der Waals surface area contributed by atoms with Crippen molar-refractivity contribution in [1.29, 1.82) is 0 Å². The van der Waals surface area contributed by atoms with Crippen LogP contribution in [-0.2, 0) is 5.41 Å². The van der Waals surface area contributed by atoms with Crippen LogP contribution in [0.4, 0.5) is 5.95 Å². The summed E-state index contributed by atoms with van der Waals surface area (Å²) >= 11 is 0. The normalized spacial score (nSPS) is 15.1. The van der Waals surface area contributed by atoms with Crippen LogP contribution in [0.25, 0.3) is 28.4 Å². The predicted octanol–water partition coefficient (Wildman–Crippen LogP) is 2.68. The Bertz CT molecular complexity index is 1370. The van der Waals surface area contributed by atoms with Crippen LogP contribution in [0.3, 0.4) is 0 Å². The summed E-state index contributed by atoms with van der Waals surface area (Å²) in [6.07, 6.45) is 13.4. The van der Waals surface area contributed by atoms with E-state index in [9.17, 15) is 0 Å². The fourth-order valence-corrected chi connectivity index (χ4v) is 4.00. The van der Waals surface area contributed by atoms with Crippen molar-refractivity contribution in [2.75, 3.05) is 5.73 Å². The van der Waals surface area contributed by atoms with E-state index in [-0.39, 0.29) is 11.4 Å². The van der Waals surface area contributed by atoms with Crippen LogP contribution in [-0.4, -0.2) is 39.7 Å². The molecule has 10 nitrogen and oxygen atoms in total. The van der Waals surface area contributed by atoms with E-state index < -0.39 is 0 Å². The van der Waals surface area contributed by atoms with Gasteiger partial charge in [0, 0.05) is 36.5 Å². The second kappa shape index (κ2) is 6.66. The summed E-state index contributed by atoms with van der Waals surface area (Å²) < 4.78 is 7.30. The third-order valence-electron chi connectivity index (χ3n) is 5.85. The van der Waals surface area contributed by atoms with Crippen molar-refractivity contribution in [3.05, 3.63) is 66.8 Å². The van der Waals surface area contributed by atoms with Gasteiger partial charge in [0.1, 0.15) is 5.56 Å². The monoisotopic (exact) mass is 411 g/mol. The lowest BCUT2D eigenvalue weighted by Crippen LogP contribution is -2.36. The molecule has 0 saturated heterocycles. The van der Waals surface area contributed by atoms with Crippen molar-refractivity contribution in [2.45, 2.75) is 24.7 Å². The van der Waals surface area contributed by atoms with Gasteiger partial charge in [0.15, 0.2) is 11.5 Å². The first-order chi connectivity index (χ1) is 15.2. The van der Waals surface area contributed by atoms with E-state index in [1.807, 2.05) is 24.5 Å². The van der Waals surface area contributed by atoms with Crippen LogP contribution in [0.15, 0.2) is 59.9 Å². The Kier molecular flexibility index (Phi) is 3.79. The number of fused-ring (bicyclic) bond motifs is 1. The summed E-state index contributed by atoms with van der Waals surface area (Å²) in [5.74, 6) is 1.32. The molecule has 0 bridgehead atoms. The van der Waals surface area contributed by atoms with E-state index in [0.717, 1.165) is 36.1 Å². The number of pyridine rings is 1. The largest absolute Gasteiger partial charge is 0.368 e. The average molecular weight is 411 g/mol. The Morgan fingerprint density at radius 1 is 1.00 bits per heavy atom. The topological polar surface area (TPSA) is 134 Å². The third kappa shape index (κ3) is 2.75. The van der Waals surface area contributed by atoms with Gasteiger partial charge >= 0.3 is 0 Å². The molecule has 0 spiro atoms. The maximum absolute atomic E-state index is 5.62. The molecule has 2 N–H and O–H groups in total. The SMILES string of the molecule is Nc1ncc(-c2ccc(C3(c4noc(-c5cnn6cccnc56)n4)CCC3)cn2)cn1. The van der Waals surface area contributed by atoms with Crippen LogP contribution in [0.5, 0.6) is 0 Å². The summed E-state index contributed by atoms with van der Waals surface area (Å²) in [4.78, 5) is 21.8. The number of hydrogen-bond donors (Lipinski definition) is 1. The molecule has 1 aliphatic carbocycles. The second-order valence-corrected chi connectivity index (χ2v) is 7.57. The maximum atomic E-state index is 5.62. The smallest absolute Gasteiger partial charge is 0.263 e. The highest BCUT2D eigenvalue weighted by molar-refractivity contribution is 5.70. The maximum Gasteiger partial charge on any atom is 0.263 e. The number of rotatable bonds is 4. The lowest BCUT2D eigenvalue weighted by Gasteiger charge is -2.39. The van der Waals surface area contributed by atoms with Crippen molar-refractivity contribution in [3.63, 3.8) is 0 Å². The lowest BCUT2D eigenvalue weighted by atomic mass is 9.64. The highest BCUT2D eigenvalue weighted by Crippen LogP contribution is 2.48. The highest BCUT2D eigenvalue weighted by Gasteiger charge is 2.45. The van der Waals surface area contributed by atoms with Gasteiger partial charge in [-0.15, -0.1) is 0 Å². The molecule has 5 aromatic heterocycles. The van der Waals surface area contributed by atoms with E-state index in [1.54, 1.807) is 29.3 Å². The number of nitrogens with two attached hydrogens (primary N) is 1. The van der Waals surface area contributed by atoms with E-state index in [0.29, 0.717) is 22.9 Å². The minimum Gasteiger partial charge on any atom is -0.368 e. The molecule has 5 aromatic rings. The van der Waals surface area contributed by atoms with Gasteiger partial charge in [-0.1, -0.05) is 17.6 Å². The molecule has 0 unspecified atom stereocenters. The molecule has 31 heavy (non-hydrogen) atoms. The Morgan fingerprint density at radius 2 is 1.87 bits per heavy atom. The number of nitrogen functional groups attached to an aromatic ring is 1. The summed E-state index contributed by atoms with van der Waals surface area (Å²) in [5.41, 5.74) is 9.31. The van der Waals surface area contributed by atoms with Gasteiger partial charge < -0.3 is 10.3 Å². The van der Waals surface area contributed by atoms with Crippen molar-refractivity contribution < 1.29 is 4.52 Å². The van der Waals surface area contributed by atoms with Crippen molar-refractivity contribution >= 4 is 11.6 Å². The minimum atomic E-state index is -0.304. The van der Waals surface area contributed by atoms with Crippen LogP contribution in [0.2, 0.25) is 0 Å². The minimum absolute atomic E-state index is 0.239. The first-order valence-corrected chi connectivity index (χ1v) is 9.90. The van der Waals surface area contributed by atoms with Gasteiger partial charge in [-0.3, -0.25) is 4.98 Å². The van der Waals surface area contributed by atoms with Crippen molar-refractivity contribution in [1.82, 2.24) is 39.7 Å². The molecule has 0 aromatic carbocycles. The van der Waals surface area contributed by atoms with E-state index in [4.69, 9.17) is 15.2 Å². The molecule has 6 rings (SSSR count). The zero-order chi connectivity index (χ0) is 20.8. The molecule has 152 valence electrons. The number of anilines is 1. The predicted molar refractivity (Wildman–Crippen MR) is 111 cm³/mol. The van der Waals surface area contributed by atoms with Gasteiger partial charge in [-0.25, -0.2) is 19.5 Å². The van der Waals surface area contributed by atoms with Crippen LogP contribution in [0, 0.1) is 0 Å². The second-order valence-electron chi connectivity index (χ2n) is 7.57. The summed E-state index contributed by atoms with van der Waals surface area (Å²) in [6.45, 7) is 0. The van der Waals surface area contributed by atoms with Crippen LogP contribution < -0.4 is 5.73 Å². The van der Waals surface area contributed by atoms with Crippen molar-refractivity contribution in [3.8, 4) is 22.7 Å². The van der Waals surface area contributed by atoms with Gasteiger partial charge in [-0.2, -0.15) is 10.1 Å². The lowest BCUT2D eigenvalue weighted by molar-refractivity contribution is 0.272. The third-order valence-corrected chi connectivity index (χ3v) is 5.85. The van der Waals surface area contributed by atoms with Gasteiger partial charge in [-0.05, 0) is 30.5 Å². The van der Waals surface area contributed by atoms with Gasteiger partial charge in [0.2, 0.25) is 5.95 Å². The average Bonchev–Trinajstić information content (AvgIpc) is 3.42. The standard InChI is InChI=1S/C21H17N9O/c22-20-25-9-13(10-26-20)16-4-3-14(11-24-16)21(5-1-6-21)19-28-18(31-29-19)15-12-27-30-8-2-7-23-17(15)30/h2-4,7-12H,1,5-6H2,(H2,22,25,26). The van der Waals surface area contributed by atoms with Crippen LogP contribution in [0.1, 0.15) is 30.7 Å². The molecule has 0 amide bonds. The molecule has 1 fully saturated rings. The first kappa shape index (κ1) is 17.6. The molecule has 5 heterocycles. The zero-order valence-corrected chi connectivity index (χ0v) is 16.4. The summed E-state index contributed by atoms with van der Waals surface area (Å²) in [7, 11) is 0. The van der Waals surface area contributed by atoms with E-state index >= 15 is 0 Å². The summed E-state index contributed by atoms with van der Waals surface area (Å²) in [6, 6.07) is 5.84. The Balaban J connectivity index is 1.35. The first-order valence-electron chi connectivity index (χ1n) is 9.90. The van der Waals surface area contributed by atoms with E-state index in [2.05, 4.69) is 36.3 Å². The molecule has 0 aliphatic heterocycles. The fourth-order valence-electron chi connectivity index (χ4n) is 4.00. The fraction of sp³-hybridized carbons (Fsp3) is 0.190. The molecular formula is C21H17N9O. The zero-order valence-electron chi connectivity index (χ0n) is 16.4. The molecule has 10 heteroatoms. The quantitative estimate of drug-likeness (QED) is 0.473. The number of hydrogen-bond acceptors (Lipinski definition) is 9.